The lowest BCUT2D eigenvalue weighted by atomic mass is 9.89. The normalized spacial score (nSPS) is 11.6. The van der Waals surface area contributed by atoms with Crippen LogP contribution in [0.5, 0.6) is 0 Å². The number of aryl methyl sites for hydroxylation is 5. The molecular formula is C30H30O2S3. The molecule has 0 radical (unpaired) electrons. The number of benzene rings is 4. The van der Waals surface area contributed by atoms with Crippen molar-refractivity contribution in [2.45, 2.75) is 59.1 Å². The smallest absolute Gasteiger partial charge is 0.206 e. The van der Waals surface area contributed by atoms with Gasteiger partial charge in [0.05, 0.1) is 9.79 Å². The van der Waals surface area contributed by atoms with Crippen molar-refractivity contribution in [1.82, 2.24) is 0 Å². The van der Waals surface area contributed by atoms with Gasteiger partial charge in [0.1, 0.15) is 0 Å². The van der Waals surface area contributed by atoms with Gasteiger partial charge >= 0.3 is 0 Å². The molecule has 0 saturated carbocycles. The van der Waals surface area contributed by atoms with Crippen molar-refractivity contribution in [3.05, 3.63) is 101 Å². The van der Waals surface area contributed by atoms with Crippen molar-refractivity contribution < 1.29 is 8.42 Å². The second-order valence-corrected chi connectivity index (χ2v) is 12.9. The fourth-order valence-electron chi connectivity index (χ4n) is 4.49. The van der Waals surface area contributed by atoms with E-state index < -0.39 is 9.84 Å². The maximum atomic E-state index is 13.0. The minimum absolute atomic E-state index is 0.313. The Morgan fingerprint density at radius 3 is 1.37 bits per heavy atom. The van der Waals surface area contributed by atoms with Crippen molar-refractivity contribution in [2.24, 2.45) is 0 Å². The van der Waals surface area contributed by atoms with Crippen molar-refractivity contribution >= 4 is 33.4 Å². The predicted octanol–water partition coefficient (Wildman–Crippen LogP) is 8.60. The maximum Gasteiger partial charge on any atom is 0.206 e. The topological polar surface area (TPSA) is 34.1 Å². The Bertz CT molecular complexity index is 1440. The Balaban J connectivity index is 1.61. The summed E-state index contributed by atoms with van der Waals surface area (Å²) in [7, 11) is -3.52. The molecule has 0 aliphatic carbocycles. The highest BCUT2D eigenvalue weighted by Gasteiger charge is 2.18. The van der Waals surface area contributed by atoms with Gasteiger partial charge in [0.15, 0.2) is 0 Å². The van der Waals surface area contributed by atoms with Gasteiger partial charge in [-0.3, -0.25) is 0 Å². The van der Waals surface area contributed by atoms with Crippen LogP contribution < -0.4 is 0 Å². The Morgan fingerprint density at radius 1 is 0.543 bits per heavy atom. The first-order valence-corrected chi connectivity index (χ1v) is 15.0. The first-order chi connectivity index (χ1) is 16.6. The number of sulfone groups is 1. The van der Waals surface area contributed by atoms with Gasteiger partial charge in [-0.05, 0) is 135 Å². The van der Waals surface area contributed by atoms with Crippen LogP contribution in [0.2, 0.25) is 0 Å². The molecule has 0 amide bonds. The van der Waals surface area contributed by atoms with E-state index in [9.17, 15) is 8.42 Å². The van der Waals surface area contributed by atoms with Gasteiger partial charge < -0.3 is 0 Å². The van der Waals surface area contributed by atoms with E-state index in [0.29, 0.717) is 9.79 Å². The third-order valence-electron chi connectivity index (χ3n) is 6.20. The first kappa shape index (κ1) is 25.6. The highest BCUT2D eigenvalue weighted by molar-refractivity contribution is 7.99. The van der Waals surface area contributed by atoms with Crippen molar-refractivity contribution in [3.8, 4) is 11.1 Å². The molecule has 0 atom stereocenters. The van der Waals surface area contributed by atoms with E-state index in [2.05, 4.69) is 58.2 Å². The number of rotatable bonds is 6. The molecule has 0 N–H and O–H groups in total. The van der Waals surface area contributed by atoms with Crippen LogP contribution in [-0.2, 0) is 9.84 Å². The monoisotopic (exact) mass is 518 g/mol. The Kier molecular flexibility index (Phi) is 7.51. The zero-order valence-electron chi connectivity index (χ0n) is 21.0. The largest absolute Gasteiger partial charge is 0.219 e. The second kappa shape index (κ2) is 10.3. The molecule has 0 unspecified atom stereocenters. The van der Waals surface area contributed by atoms with Gasteiger partial charge in [-0.15, -0.1) is 11.8 Å². The molecular weight excluding hydrogens is 489 g/mol. The summed E-state index contributed by atoms with van der Waals surface area (Å²) in [4.78, 5) is 4.08. The molecule has 0 aliphatic heterocycles. The quantitative estimate of drug-likeness (QED) is 0.239. The molecule has 35 heavy (non-hydrogen) atoms. The summed E-state index contributed by atoms with van der Waals surface area (Å²) in [6, 6.07) is 23.1. The van der Waals surface area contributed by atoms with Crippen molar-refractivity contribution in [1.29, 1.82) is 0 Å². The van der Waals surface area contributed by atoms with Crippen LogP contribution in [0.3, 0.4) is 0 Å². The molecule has 0 spiro atoms. The number of hydrogen-bond donors (Lipinski definition) is 0. The van der Waals surface area contributed by atoms with Crippen LogP contribution in [0.1, 0.15) is 27.8 Å². The standard InChI is InChI=1S/C30H30O2S3/c1-19-7-11-27(12-8-19)35(31,32)28-13-9-24(10-14-28)34-26-17-22(4)30(23(5)18-26)29-20(2)15-25(33-6)16-21(29)3/h7-18H,1-6H3. The van der Waals surface area contributed by atoms with Crippen LogP contribution in [0.25, 0.3) is 11.1 Å². The third kappa shape index (κ3) is 5.37. The molecule has 0 saturated heterocycles. The summed E-state index contributed by atoms with van der Waals surface area (Å²) in [6.45, 7) is 10.7. The zero-order chi connectivity index (χ0) is 25.3. The van der Waals surface area contributed by atoms with Gasteiger partial charge in [-0.1, -0.05) is 29.5 Å². The molecule has 4 aromatic carbocycles. The van der Waals surface area contributed by atoms with E-state index in [1.54, 1.807) is 47.8 Å². The SMILES string of the molecule is CSc1cc(C)c(-c2c(C)cc(Sc3ccc(S(=O)(=O)c4ccc(C)cc4)cc3)cc2C)c(C)c1. The average molecular weight is 519 g/mol. The zero-order valence-corrected chi connectivity index (χ0v) is 23.4. The average Bonchev–Trinajstić information content (AvgIpc) is 2.81. The predicted molar refractivity (Wildman–Crippen MR) is 150 cm³/mol. The lowest BCUT2D eigenvalue weighted by Crippen LogP contribution is -2.01. The van der Waals surface area contributed by atoms with E-state index in [-0.39, 0.29) is 0 Å². The van der Waals surface area contributed by atoms with Crippen molar-refractivity contribution in [2.75, 3.05) is 6.26 Å². The first-order valence-electron chi connectivity index (χ1n) is 11.5. The molecule has 5 heteroatoms. The lowest BCUT2D eigenvalue weighted by Gasteiger charge is -2.18. The van der Waals surface area contributed by atoms with E-state index in [1.807, 2.05) is 31.2 Å². The van der Waals surface area contributed by atoms with Crippen LogP contribution in [0.15, 0.2) is 97.3 Å². The van der Waals surface area contributed by atoms with Gasteiger partial charge in [-0.2, -0.15) is 0 Å². The second-order valence-electron chi connectivity index (χ2n) is 8.96. The summed E-state index contributed by atoms with van der Waals surface area (Å²) in [5, 5.41) is 0. The molecule has 0 aliphatic rings. The molecule has 0 fully saturated rings. The lowest BCUT2D eigenvalue weighted by molar-refractivity contribution is 0.596. The van der Waals surface area contributed by atoms with Crippen LogP contribution in [-0.4, -0.2) is 14.7 Å². The maximum absolute atomic E-state index is 13.0. The number of thioether (sulfide) groups is 1. The minimum Gasteiger partial charge on any atom is -0.219 e. The molecule has 0 bridgehead atoms. The summed E-state index contributed by atoms with van der Waals surface area (Å²) in [6.07, 6.45) is 2.11. The molecule has 4 rings (SSSR count). The van der Waals surface area contributed by atoms with Crippen LogP contribution in [0, 0.1) is 34.6 Å². The summed E-state index contributed by atoms with van der Waals surface area (Å²) >= 11 is 3.43. The Labute approximate surface area is 218 Å². The summed E-state index contributed by atoms with van der Waals surface area (Å²) in [5.41, 5.74) is 8.74. The van der Waals surface area contributed by atoms with E-state index in [0.717, 1.165) is 15.4 Å². The van der Waals surface area contributed by atoms with Crippen LogP contribution >= 0.6 is 23.5 Å². The highest BCUT2D eigenvalue weighted by atomic mass is 32.2. The molecule has 0 heterocycles. The molecule has 180 valence electrons. The van der Waals surface area contributed by atoms with E-state index in [4.69, 9.17) is 0 Å². The van der Waals surface area contributed by atoms with E-state index in [1.165, 1.54) is 38.3 Å². The Hall–Kier alpha value is -2.47. The summed E-state index contributed by atoms with van der Waals surface area (Å²) < 4.78 is 25.9. The van der Waals surface area contributed by atoms with Gasteiger partial charge in [-0.25, -0.2) is 8.42 Å². The van der Waals surface area contributed by atoms with Gasteiger partial charge in [0, 0.05) is 14.7 Å². The van der Waals surface area contributed by atoms with Gasteiger partial charge in [0.2, 0.25) is 9.84 Å². The molecule has 4 aromatic rings. The highest BCUT2D eigenvalue weighted by Crippen LogP contribution is 2.39. The fourth-order valence-corrected chi connectivity index (χ4v) is 7.36. The van der Waals surface area contributed by atoms with Crippen molar-refractivity contribution in [3.63, 3.8) is 0 Å². The minimum atomic E-state index is -3.52. The van der Waals surface area contributed by atoms with Gasteiger partial charge in [0.25, 0.3) is 0 Å². The Morgan fingerprint density at radius 2 is 0.943 bits per heavy atom. The molecule has 0 aromatic heterocycles. The van der Waals surface area contributed by atoms with Crippen LogP contribution in [0.4, 0.5) is 0 Å². The molecule has 2 nitrogen and oxygen atoms in total. The number of hydrogen-bond acceptors (Lipinski definition) is 4. The van der Waals surface area contributed by atoms with E-state index >= 15 is 0 Å². The fraction of sp³-hybridized carbons (Fsp3) is 0.200. The summed E-state index contributed by atoms with van der Waals surface area (Å²) in [5.74, 6) is 0. The third-order valence-corrected chi connectivity index (χ3v) is 9.67.